The van der Waals surface area contributed by atoms with Gasteiger partial charge < -0.3 is 39.3 Å². The molecule has 8 heteroatoms. The molecule has 5 nitrogen and oxygen atoms in total. The van der Waals surface area contributed by atoms with Crippen LogP contribution in [0.15, 0.2) is 24.3 Å². The average Bonchev–Trinajstić information content (AvgIpc) is 2.47. The number of carbonyl (C=O) groups excluding carboxylic acids is 2. The van der Waals surface area contributed by atoms with Crippen LogP contribution in [0.2, 0.25) is 5.02 Å². The summed E-state index contributed by atoms with van der Waals surface area (Å²) in [6.07, 6.45) is 4.20. The molecule has 0 aliphatic heterocycles. The Bertz CT molecular complexity index is 594. The van der Waals surface area contributed by atoms with Gasteiger partial charge in [-0.05, 0) is 49.4 Å². The SMILES string of the molecule is C[S+](C)CC[C@H](NC(=O)OC(C)(C)C)C(=O)NCc1cccc(Cl)c1.[I-]. The topological polar surface area (TPSA) is 67.4 Å². The highest BCUT2D eigenvalue weighted by Crippen LogP contribution is 2.11. The van der Waals surface area contributed by atoms with Crippen LogP contribution in [0.25, 0.3) is 0 Å². The monoisotopic (exact) mass is 514 g/mol. The second-order valence-electron chi connectivity index (χ2n) is 7.02. The number of alkyl carbamates (subject to hydrolysis) is 1. The third kappa shape index (κ3) is 11.1. The van der Waals surface area contributed by atoms with E-state index in [9.17, 15) is 9.59 Å². The fourth-order valence-corrected chi connectivity index (χ4v) is 2.95. The summed E-state index contributed by atoms with van der Waals surface area (Å²) in [5.74, 6) is 0.627. The zero-order valence-electron chi connectivity index (χ0n) is 15.9. The van der Waals surface area contributed by atoms with E-state index in [1.807, 2.05) is 12.1 Å². The second kappa shape index (κ2) is 11.9. The molecule has 0 saturated carbocycles. The normalized spacial score (nSPS) is 12.1. The molecular formula is C18H28ClIN2O3S. The molecule has 0 heterocycles. The van der Waals surface area contributed by atoms with Gasteiger partial charge in [0.25, 0.3) is 0 Å². The molecule has 1 rings (SSSR count). The van der Waals surface area contributed by atoms with E-state index in [2.05, 4.69) is 23.1 Å². The van der Waals surface area contributed by atoms with Crippen molar-refractivity contribution in [3.63, 3.8) is 0 Å². The van der Waals surface area contributed by atoms with E-state index in [0.717, 1.165) is 11.3 Å². The van der Waals surface area contributed by atoms with Crippen LogP contribution in [0.3, 0.4) is 0 Å². The van der Waals surface area contributed by atoms with Crippen molar-refractivity contribution in [3.05, 3.63) is 34.9 Å². The van der Waals surface area contributed by atoms with Gasteiger partial charge in [0.2, 0.25) is 5.91 Å². The van der Waals surface area contributed by atoms with Crippen molar-refractivity contribution in [2.24, 2.45) is 0 Å². The van der Waals surface area contributed by atoms with Crippen LogP contribution in [0.4, 0.5) is 4.79 Å². The van der Waals surface area contributed by atoms with Crippen molar-refractivity contribution >= 4 is 34.5 Å². The molecule has 1 aromatic carbocycles. The van der Waals surface area contributed by atoms with Crippen LogP contribution in [-0.2, 0) is 27.0 Å². The highest BCUT2D eigenvalue weighted by atomic mass is 127. The Balaban J connectivity index is 0.00000625. The standard InChI is InChI=1S/C18H27ClN2O3S.HI/c1-18(2,3)24-17(23)21-15(9-10-25(4)5)16(22)20-12-13-7-6-8-14(19)11-13;/h6-8,11,15H,9-10,12H2,1-5H3,(H-,20,21,22,23);1H/t15-;/m0./s1. The van der Waals surface area contributed by atoms with E-state index in [1.165, 1.54) is 0 Å². The number of rotatable bonds is 7. The first-order valence-corrected chi connectivity index (χ1v) is 10.7. The minimum absolute atomic E-state index is 0. The lowest BCUT2D eigenvalue weighted by atomic mass is 10.2. The van der Waals surface area contributed by atoms with Crippen LogP contribution in [0, 0.1) is 0 Å². The molecule has 0 aliphatic rings. The third-order valence-corrected chi connectivity index (χ3v) is 4.47. The molecule has 1 aromatic rings. The molecule has 0 radical (unpaired) electrons. The number of carbonyl (C=O) groups is 2. The number of ether oxygens (including phenoxy) is 1. The second-order valence-corrected chi connectivity index (χ2v) is 9.84. The predicted octanol–water partition coefficient (Wildman–Crippen LogP) is 0.122. The highest BCUT2D eigenvalue weighted by Gasteiger charge is 2.25. The van der Waals surface area contributed by atoms with Crippen molar-refractivity contribution in [1.82, 2.24) is 10.6 Å². The Morgan fingerprint density at radius 3 is 2.46 bits per heavy atom. The zero-order valence-corrected chi connectivity index (χ0v) is 19.6. The average molecular weight is 515 g/mol. The summed E-state index contributed by atoms with van der Waals surface area (Å²) in [5.41, 5.74) is 0.300. The number of benzene rings is 1. The van der Waals surface area contributed by atoms with Gasteiger partial charge in [-0.1, -0.05) is 23.7 Å². The van der Waals surface area contributed by atoms with Crippen LogP contribution < -0.4 is 34.6 Å². The molecule has 148 valence electrons. The molecule has 0 aliphatic carbocycles. The number of nitrogens with one attached hydrogen (secondary N) is 2. The van der Waals surface area contributed by atoms with Crippen LogP contribution in [0.1, 0.15) is 32.8 Å². The van der Waals surface area contributed by atoms with Crippen molar-refractivity contribution in [3.8, 4) is 0 Å². The third-order valence-electron chi connectivity index (χ3n) is 3.18. The van der Waals surface area contributed by atoms with Gasteiger partial charge in [0.1, 0.15) is 17.4 Å². The Hall–Kier alpha value is -0.670. The van der Waals surface area contributed by atoms with E-state index < -0.39 is 17.7 Å². The number of amides is 2. The largest absolute Gasteiger partial charge is 1.00 e. The molecule has 0 unspecified atom stereocenters. The van der Waals surface area contributed by atoms with Gasteiger partial charge in [-0.25, -0.2) is 4.79 Å². The molecule has 2 N–H and O–H groups in total. The first-order valence-electron chi connectivity index (χ1n) is 8.12. The van der Waals surface area contributed by atoms with Crippen molar-refractivity contribution in [2.75, 3.05) is 18.3 Å². The molecule has 0 aromatic heterocycles. The van der Waals surface area contributed by atoms with Gasteiger partial charge >= 0.3 is 6.09 Å². The summed E-state index contributed by atoms with van der Waals surface area (Å²) in [7, 11) is 0.181. The van der Waals surface area contributed by atoms with Crippen molar-refractivity contribution in [2.45, 2.75) is 45.4 Å². The molecule has 0 spiro atoms. The minimum atomic E-state index is -0.621. The van der Waals surface area contributed by atoms with Gasteiger partial charge in [0.05, 0.1) is 12.5 Å². The fourth-order valence-electron chi connectivity index (χ4n) is 2.03. The van der Waals surface area contributed by atoms with Gasteiger partial charge in [0, 0.05) is 18.0 Å². The summed E-state index contributed by atoms with van der Waals surface area (Å²) < 4.78 is 5.26. The maximum atomic E-state index is 12.5. The minimum Gasteiger partial charge on any atom is -1.00 e. The smallest absolute Gasteiger partial charge is 0.408 e. The molecule has 0 saturated heterocycles. The van der Waals surface area contributed by atoms with E-state index in [4.69, 9.17) is 16.3 Å². The Morgan fingerprint density at radius 2 is 1.92 bits per heavy atom. The predicted molar refractivity (Wildman–Crippen MR) is 105 cm³/mol. The summed E-state index contributed by atoms with van der Waals surface area (Å²) in [6.45, 7) is 5.72. The van der Waals surface area contributed by atoms with E-state index in [0.29, 0.717) is 18.0 Å². The maximum Gasteiger partial charge on any atom is 0.408 e. The fraction of sp³-hybridized carbons (Fsp3) is 0.556. The summed E-state index contributed by atoms with van der Waals surface area (Å²) in [5, 5.41) is 6.16. The molecule has 0 fully saturated rings. The van der Waals surface area contributed by atoms with Crippen molar-refractivity contribution < 1.29 is 38.3 Å². The van der Waals surface area contributed by atoms with Gasteiger partial charge in [-0.3, -0.25) is 4.79 Å². The van der Waals surface area contributed by atoms with E-state index >= 15 is 0 Å². The number of hydrogen-bond donors (Lipinski definition) is 2. The van der Waals surface area contributed by atoms with E-state index in [-0.39, 0.29) is 40.8 Å². The van der Waals surface area contributed by atoms with E-state index in [1.54, 1.807) is 32.9 Å². The Morgan fingerprint density at radius 1 is 1.27 bits per heavy atom. The molecule has 1 atom stereocenters. The van der Waals surface area contributed by atoms with Crippen LogP contribution in [0.5, 0.6) is 0 Å². The summed E-state index contributed by atoms with van der Waals surface area (Å²) in [4.78, 5) is 24.5. The van der Waals surface area contributed by atoms with Crippen molar-refractivity contribution in [1.29, 1.82) is 0 Å². The van der Waals surface area contributed by atoms with Gasteiger partial charge in [-0.2, -0.15) is 0 Å². The Kier molecular flexibility index (Phi) is 11.6. The first-order chi connectivity index (χ1) is 11.6. The lowest BCUT2D eigenvalue weighted by molar-refractivity contribution is -0.123. The van der Waals surface area contributed by atoms with Gasteiger partial charge in [-0.15, -0.1) is 0 Å². The van der Waals surface area contributed by atoms with Gasteiger partial charge in [0.15, 0.2) is 0 Å². The molecule has 26 heavy (non-hydrogen) atoms. The highest BCUT2D eigenvalue weighted by molar-refractivity contribution is 7.95. The maximum absolute atomic E-state index is 12.5. The first kappa shape index (κ1) is 25.3. The lowest BCUT2D eigenvalue weighted by Gasteiger charge is -2.23. The van der Waals surface area contributed by atoms with Crippen LogP contribution >= 0.6 is 11.6 Å². The number of halogens is 2. The number of hydrogen-bond acceptors (Lipinski definition) is 3. The Labute approximate surface area is 181 Å². The van der Waals surface area contributed by atoms with Crippen LogP contribution in [-0.4, -0.2) is 41.9 Å². The molecule has 2 amide bonds. The summed E-state index contributed by atoms with van der Waals surface area (Å²) >= 11 is 5.95. The quantitative estimate of drug-likeness (QED) is 0.401. The zero-order chi connectivity index (χ0) is 19.0. The lowest BCUT2D eigenvalue weighted by Crippen LogP contribution is -3.00. The molecular weight excluding hydrogens is 487 g/mol. The molecule has 0 bridgehead atoms. The summed E-state index contributed by atoms with van der Waals surface area (Å²) in [6, 6.07) is 6.68.